The lowest BCUT2D eigenvalue weighted by atomic mass is 10.1. The highest BCUT2D eigenvalue weighted by Gasteiger charge is 2.43. The van der Waals surface area contributed by atoms with Gasteiger partial charge in [0.1, 0.15) is 10.7 Å². The molecule has 1 aromatic carbocycles. The number of carbonyl (C=O) groups is 1. The minimum atomic E-state index is -4.64. The van der Waals surface area contributed by atoms with E-state index < -0.39 is 29.6 Å². The van der Waals surface area contributed by atoms with Crippen LogP contribution in [0.2, 0.25) is 0 Å². The lowest BCUT2D eigenvalue weighted by molar-refractivity contribution is -0.145. The predicted molar refractivity (Wildman–Crippen MR) is 122 cm³/mol. The van der Waals surface area contributed by atoms with Gasteiger partial charge < -0.3 is 5.32 Å². The molecule has 1 atom stereocenters. The molecule has 0 radical (unpaired) electrons. The van der Waals surface area contributed by atoms with Gasteiger partial charge >= 0.3 is 6.18 Å². The number of alkyl halides is 4. The van der Waals surface area contributed by atoms with E-state index in [0.717, 1.165) is 22.7 Å². The van der Waals surface area contributed by atoms with Gasteiger partial charge in [-0.1, -0.05) is 0 Å². The topological polar surface area (TPSA) is 85.6 Å². The van der Waals surface area contributed by atoms with Gasteiger partial charge in [-0.25, -0.2) is 19.3 Å². The zero-order chi connectivity index (χ0) is 25.0. The number of rotatable bonds is 6. The van der Waals surface area contributed by atoms with Gasteiger partial charge in [0.2, 0.25) is 5.82 Å². The number of carbonyl (C=O) groups excluding carboxylic acids is 1. The van der Waals surface area contributed by atoms with Crippen LogP contribution in [0.15, 0.2) is 36.9 Å². The molecule has 0 aliphatic heterocycles. The fourth-order valence-electron chi connectivity index (χ4n) is 3.70. The molecule has 4 aromatic rings. The summed E-state index contributed by atoms with van der Waals surface area (Å²) in [6.07, 6.45) is 1.94. The Morgan fingerprint density at radius 1 is 1.20 bits per heavy atom. The van der Waals surface area contributed by atoms with Crippen molar-refractivity contribution in [2.75, 3.05) is 0 Å². The van der Waals surface area contributed by atoms with E-state index in [1.807, 2.05) is 6.92 Å². The zero-order valence-corrected chi connectivity index (χ0v) is 19.5. The van der Waals surface area contributed by atoms with Gasteiger partial charge in [-0.2, -0.15) is 18.3 Å². The number of hydrogen-bond acceptors (Lipinski definition) is 6. The number of thiazole rings is 1. The summed E-state index contributed by atoms with van der Waals surface area (Å²) < 4.78 is 54.1. The first-order chi connectivity index (χ1) is 16.5. The minimum absolute atomic E-state index is 0.143. The molecule has 1 fully saturated rings. The van der Waals surface area contributed by atoms with E-state index in [2.05, 4.69) is 25.4 Å². The Morgan fingerprint density at radius 2 is 1.91 bits per heavy atom. The molecule has 35 heavy (non-hydrogen) atoms. The molecule has 5 rings (SSSR count). The molecule has 7 nitrogen and oxygen atoms in total. The van der Waals surface area contributed by atoms with Crippen molar-refractivity contribution in [2.45, 2.75) is 51.1 Å². The average molecular weight is 505 g/mol. The summed E-state index contributed by atoms with van der Waals surface area (Å²) >= 11 is 1.46. The van der Waals surface area contributed by atoms with Crippen molar-refractivity contribution in [3.8, 4) is 10.6 Å². The Kier molecular flexibility index (Phi) is 5.58. The third kappa shape index (κ3) is 4.88. The first kappa shape index (κ1) is 23.3. The highest BCUT2D eigenvalue weighted by molar-refractivity contribution is 7.15. The van der Waals surface area contributed by atoms with Crippen LogP contribution in [0.3, 0.4) is 0 Å². The molecule has 3 aromatic heterocycles. The summed E-state index contributed by atoms with van der Waals surface area (Å²) in [5, 5.41) is 8.71. The van der Waals surface area contributed by atoms with Gasteiger partial charge in [0.15, 0.2) is 0 Å². The fraction of sp³-hybridized carbons (Fsp3) is 0.348. The summed E-state index contributed by atoms with van der Waals surface area (Å²) in [6.45, 7) is 3.69. The smallest absolute Gasteiger partial charge is 0.345 e. The van der Waals surface area contributed by atoms with Crippen molar-refractivity contribution in [1.82, 2.24) is 30.0 Å². The van der Waals surface area contributed by atoms with E-state index in [9.17, 15) is 22.4 Å². The quantitative estimate of drug-likeness (QED) is 0.362. The van der Waals surface area contributed by atoms with E-state index in [-0.39, 0.29) is 6.54 Å². The molecule has 0 bridgehead atoms. The van der Waals surface area contributed by atoms with E-state index in [1.54, 1.807) is 36.1 Å². The Labute approximate surface area is 201 Å². The van der Waals surface area contributed by atoms with Crippen LogP contribution in [-0.2, 0) is 12.7 Å². The predicted octanol–water partition coefficient (Wildman–Crippen LogP) is 5.27. The summed E-state index contributed by atoms with van der Waals surface area (Å²) in [4.78, 5) is 25.2. The first-order valence-corrected chi connectivity index (χ1v) is 11.7. The number of fused-ring (bicyclic) bond motifs is 1. The monoisotopic (exact) mass is 504 g/mol. The molecule has 1 amide bonds. The van der Waals surface area contributed by atoms with Gasteiger partial charge in [0.05, 0.1) is 18.1 Å². The van der Waals surface area contributed by atoms with E-state index >= 15 is 0 Å². The molecule has 12 heteroatoms. The number of aromatic nitrogens is 5. The van der Waals surface area contributed by atoms with Crippen LogP contribution in [0.1, 0.15) is 52.4 Å². The number of amides is 1. The Morgan fingerprint density at radius 3 is 2.51 bits per heavy atom. The molecule has 182 valence electrons. The Bertz CT molecular complexity index is 1410. The van der Waals surface area contributed by atoms with Gasteiger partial charge in [-0.3, -0.25) is 9.48 Å². The van der Waals surface area contributed by atoms with Crippen LogP contribution < -0.4 is 5.32 Å². The molecule has 1 saturated carbocycles. The molecule has 0 spiro atoms. The number of halogens is 4. The maximum atomic E-state index is 14.3. The van der Waals surface area contributed by atoms with Crippen LogP contribution in [0.25, 0.3) is 21.5 Å². The second-order valence-electron chi connectivity index (χ2n) is 8.74. The van der Waals surface area contributed by atoms with Gasteiger partial charge in [-0.05, 0) is 38.8 Å². The molecule has 0 unspecified atom stereocenters. The molecule has 1 aliphatic carbocycles. The minimum Gasteiger partial charge on any atom is -0.345 e. The lowest BCUT2D eigenvalue weighted by Crippen LogP contribution is -2.27. The Hall–Kier alpha value is -3.41. The second kappa shape index (κ2) is 8.36. The molecular weight excluding hydrogens is 484 g/mol. The van der Waals surface area contributed by atoms with Crippen LogP contribution in [0.4, 0.5) is 17.6 Å². The van der Waals surface area contributed by atoms with Crippen molar-refractivity contribution >= 4 is 28.1 Å². The van der Waals surface area contributed by atoms with Crippen molar-refractivity contribution in [3.63, 3.8) is 0 Å². The first-order valence-electron chi connectivity index (χ1n) is 10.8. The highest BCUT2D eigenvalue weighted by Crippen LogP contribution is 2.41. The normalized spacial score (nSPS) is 15.8. The van der Waals surface area contributed by atoms with Crippen molar-refractivity contribution in [1.29, 1.82) is 0 Å². The zero-order valence-electron chi connectivity index (χ0n) is 18.7. The van der Waals surface area contributed by atoms with Crippen molar-refractivity contribution in [3.05, 3.63) is 58.7 Å². The highest BCUT2D eigenvalue weighted by atomic mass is 32.1. The van der Waals surface area contributed by atoms with Crippen LogP contribution >= 0.6 is 11.3 Å². The third-order valence-electron chi connectivity index (χ3n) is 5.80. The molecular formula is C23H20F4N6OS. The second-order valence-corrected chi connectivity index (χ2v) is 9.98. The molecule has 1 N–H and O–H groups in total. The van der Waals surface area contributed by atoms with Gasteiger partial charge in [0.25, 0.3) is 5.91 Å². The van der Waals surface area contributed by atoms with E-state index in [1.165, 1.54) is 11.3 Å². The maximum Gasteiger partial charge on any atom is 0.451 e. The number of hydrogen-bond donors (Lipinski definition) is 1. The van der Waals surface area contributed by atoms with E-state index in [0.29, 0.717) is 40.1 Å². The van der Waals surface area contributed by atoms with E-state index in [4.69, 9.17) is 0 Å². The van der Waals surface area contributed by atoms with Crippen molar-refractivity contribution in [2.24, 2.45) is 0 Å². The van der Waals surface area contributed by atoms with Gasteiger partial charge in [-0.15, -0.1) is 11.3 Å². The SMILES string of the molecule is Cc1cnc(-c2cc(C(=O)N[C@H](C)c3cnc(C(F)(F)F)nc3)cc3nn(CC4(F)CC4)cc23)s1. The number of benzene rings is 1. The van der Waals surface area contributed by atoms with Gasteiger partial charge in [0, 0.05) is 51.7 Å². The third-order valence-corrected chi connectivity index (χ3v) is 6.74. The summed E-state index contributed by atoms with van der Waals surface area (Å²) in [7, 11) is 0. The molecule has 1 aliphatic rings. The summed E-state index contributed by atoms with van der Waals surface area (Å²) in [6, 6.07) is 2.66. The number of nitrogens with one attached hydrogen (secondary N) is 1. The molecule has 0 saturated heterocycles. The van der Waals surface area contributed by atoms with Crippen LogP contribution in [-0.4, -0.2) is 36.3 Å². The fourth-order valence-corrected chi connectivity index (χ4v) is 4.49. The van der Waals surface area contributed by atoms with Crippen molar-refractivity contribution < 1.29 is 22.4 Å². The number of aryl methyl sites for hydroxylation is 1. The van der Waals surface area contributed by atoms with Crippen LogP contribution in [0.5, 0.6) is 0 Å². The largest absolute Gasteiger partial charge is 0.451 e. The Balaban J connectivity index is 1.45. The summed E-state index contributed by atoms with van der Waals surface area (Å²) in [5.41, 5.74) is 0.609. The standard InChI is InChI=1S/C23H20F4N6OS/c1-12-7-28-20(35-12)16-5-14(6-18-17(16)10-33(32-18)11-22(24)3-4-22)19(34)31-13(2)15-8-29-21(30-9-15)23(25,26)27/h5-10,13H,3-4,11H2,1-2H3,(H,31,34)/t13-/m1/s1. The average Bonchev–Trinajstić information content (AvgIpc) is 3.17. The lowest BCUT2D eigenvalue weighted by Gasteiger charge is -2.15. The molecule has 3 heterocycles. The van der Waals surface area contributed by atoms with Crippen LogP contribution in [0, 0.1) is 6.92 Å². The maximum absolute atomic E-state index is 14.3. The summed E-state index contributed by atoms with van der Waals surface area (Å²) in [5.74, 6) is -1.70. The number of nitrogens with zero attached hydrogens (tertiary/aromatic N) is 5.